The molecule has 0 fully saturated rings. The van der Waals surface area contributed by atoms with Crippen molar-refractivity contribution < 1.29 is 42.3 Å². The van der Waals surface area contributed by atoms with E-state index in [2.05, 4.69) is 0 Å². The first-order valence-corrected chi connectivity index (χ1v) is 4.68. The van der Waals surface area contributed by atoms with Crippen molar-refractivity contribution in [2.75, 3.05) is 0 Å². The molecule has 2 nitrogen and oxygen atoms in total. The van der Waals surface area contributed by atoms with Gasteiger partial charge in [0.1, 0.15) is 5.78 Å². The van der Waals surface area contributed by atoms with E-state index in [0.717, 1.165) is 0 Å². The van der Waals surface area contributed by atoms with Gasteiger partial charge in [0.05, 0.1) is 0 Å². The van der Waals surface area contributed by atoms with E-state index in [4.69, 9.17) is 0 Å². The molecule has 0 aliphatic rings. The third-order valence-electron chi connectivity index (χ3n) is 2.24. The zero-order valence-corrected chi connectivity index (χ0v) is 13.6. The average molecular weight is 287 g/mol. The Morgan fingerprint density at radius 3 is 1.87 bits per heavy atom. The Kier molecular flexibility index (Phi) is 10.6. The number of rotatable bonds is 5. The van der Waals surface area contributed by atoms with Gasteiger partial charge in [-0.3, -0.25) is 11.1 Å². The molecule has 0 aromatic carbocycles. The van der Waals surface area contributed by atoms with Crippen molar-refractivity contribution in [2.24, 2.45) is 10.8 Å². The van der Waals surface area contributed by atoms with Gasteiger partial charge < -0.3 is 12.2 Å². The van der Waals surface area contributed by atoms with Crippen LogP contribution in [0.15, 0.2) is 0 Å². The molecule has 0 rings (SSSR count). The molecule has 15 heavy (non-hydrogen) atoms. The third-order valence-corrected chi connectivity index (χ3v) is 2.24. The standard InChI is InChI=1S/C11H19O2.CH3.Y/c1-6-9(13)11(4,5)7-10(2,3)8-12;;/h6-7H2,1-5H3;1H3;/q2*-1;. The normalized spacial score (nSPS) is 11.0. The molecule has 0 amide bonds. The molecule has 0 atom stereocenters. The molecule has 0 bridgehead atoms. The minimum Gasteiger partial charge on any atom is -0.541 e. The maximum Gasteiger partial charge on any atom is 0.138 e. The van der Waals surface area contributed by atoms with Crippen molar-refractivity contribution in [3.63, 3.8) is 0 Å². The first kappa shape index (κ1) is 20.8. The van der Waals surface area contributed by atoms with Crippen LogP contribution in [0.4, 0.5) is 0 Å². The van der Waals surface area contributed by atoms with Crippen molar-refractivity contribution in [3.8, 4) is 0 Å². The minimum absolute atomic E-state index is 0. The third kappa shape index (κ3) is 7.35. The summed E-state index contributed by atoms with van der Waals surface area (Å²) in [7, 11) is 0. The molecule has 0 N–H and O–H groups in total. The summed E-state index contributed by atoms with van der Waals surface area (Å²) < 4.78 is 0. The Balaban J connectivity index is -0.000000720. The maximum atomic E-state index is 11.5. The molecule has 1 radical (unpaired) electrons. The fourth-order valence-corrected chi connectivity index (χ4v) is 1.72. The van der Waals surface area contributed by atoms with Crippen LogP contribution in [0.1, 0.15) is 47.5 Å². The second-order valence-corrected chi connectivity index (χ2v) is 4.82. The number of ketones is 1. The zero-order chi connectivity index (χ0) is 10.7. The molecule has 0 unspecified atom stereocenters. The van der Waals surface area contributed by atoms with Crippen molar-refractivity contribution in [1.29, 1.82) is 0 Å². The summed E-state index contributed by atoms with van der Waals surface area (Å²) in [6.45, 7) is 9.24. The number of carbonyl (C=O) groups excluding carboxylic acids is 2. The SMILES string of the molecule is CCC(=O)C(C)(C)CC(C)(C)[C-]=O.[CH3-].[Y]. The van der Waals surface area contributed by atoms with Gasteiger partial charge >= 0.3 is 0 Å². The van der Waals surface area contributed by atoms with Crippen LogP contribution in [0.2, 0.25) is 0 Å². The van der Waals surface area contributed by atoms with Gasteiger partial charge in [-0.15, -0.1) is 5.41 Å². The fraction of sp³-hybridized carbons (Fsp3) is 0.750. The Morgan fingerprint density at radius 2 is 1.60 bits per heavy atom. The summed E-state index contributed by atoms with van der Waals surface area (Å²) in [6.07, 6.45) is 3.07. The Morgan fingerprint density at radius 1 is 1.20 bits per heavy atom. The zero-order valence-electron chi connectivity index (χ0n) is 10.8. The summed E-state index contributed by atoms with van der Waals surface area (Å²) in [6, 6.07) is 0. The average Bonchev–Trinajstić information content (AvgIpc) is 2.01. The molecule has 3 heteroatoms. The minimum atomic E-state index is -0.520. The fourth-order valence-electron chi connectivity index (χ4n) is 1.72. The van der Waals surface area contributed by atoms with Crippen LogP contribution in [-0.2, 0) is 42.3 Å². The van der Waals surface area contributed by atoms with Crippen LogP contribution >= 0.6 is 0 Å². The summed E-state index contributed by atoms with van der Waals surface area (Å²) in [4.78, 5) is 22.1. The van der Waals surface area contributed by atoms with Crippen molar-refractivity contribution in [1.82, 2.24) is 0 Å². The summed E-state index contributed by atoms with van der Waals surface area (Å²) >= 11 is 0. The van der Waals surface area contributed by atoms with Gasteiger partial charge in [0, 0.05) is 44.5 Å². The second kappa shape index (κ2) is 7.67. The monoisotopic (exact) mass is 287 g/mol. The molecule has 0 spiro atoms. The van der Waals surface area contributed by atoms with E-state index in [1.54, 1.807) is 0 Å². The molecule has 0 saturated heterocycles. The summed E-state index contributed by atoms with van der Waals surface area (Å²) in [5.41, 5.74) is -0.927. The van der Waals surface area contributed by atoms with E-state index in [9.17, 15) is 9.59 Å². The predicted octanol–water partition coefficient (Wildman–Crippen LogP) is 2.97. The second-order valence-electron chi connectivity index (χ2n) is 4.82. The number of Topliss-reactive ketones (excluding diaryl/α,β-unsaturated/α-hetero) is 1. The van der Waals surface area contributed by atoms with Gasteiger partial charge in [-0.2, -0.15) is 0 Å². The van der Waals surface area contributed by atoms with Crippen LogP contribution in [0, 0.1) is 18.3 Å². The van der Waals surface area contributed by atoms with Gasteiger partial charge in [0.15, 0.2) is 0 Å². The Labute approximate surface area is 119 Å². The van der Waals surface area contributed by atoms with E-state index < -0.39 is 10.8 Å². The Bertz CT molecular complexity index is 208. The molecular formula is C12H22O2Y-2. The first-order chi connectivity index (χ1) is 5.75. The smallest absolute Gasteiger partial charge is 0.138 e. The van der Waals surface area contributed by atoms with Gasteiger partial charge in [-0.1, -0.05) is 41.0 Å². The van der Waals surface area contributed by atoms with E-state index in [-0.39, 0.29) is 45.9 Å². The van der Waals surface area contributed by atoms with Crippen LogP contribution in [0.5, 0.6) is 0 Å². The number of carbonyl (C=O) groups is 1. The van der Waals surface area contributed by atoms with Crippen LogP contribution in [-0.4, -0.2) is 12.1 Å². The summed E-state index contributed by atoms with van der Waals surface area (Å²) in [5, 5.41) is 0. The topological polar surface area (TPSA) is 34.1 Å². The van der Waals surface area contributed by atoms with E-state index in [1.807, 2.05) is 40.9 Å². The van der Waals surface area contributed by atoms with Crippen molar-refractivity contribution >= 4 is 12.1 Å². The van der Waals surface area contributed by atoms with Gasteiger partial charge in [0.25, 0.3) is 0 Å². The van der Waals surface area contributed by atoms with Gasteiger partial charge in [0.2, 0.25) is 0 Å². The number of hydrogen-bond acceptors (Lipinski definition) is 2. The Hall–Kier alpha value is 0.444. The quantitative estimate of drug-likeness (QED) is 0.728. The van der Waals surface area contributed by atoms with E-state index in [0.29, 0.717) is 12.8 Å². The molecule has 0 heterocycles. The predicted molar refractivity (Wildman–Crippen MR) is 59.6 cm³/mol. The molecule has 0 saturated carbocycles. The largest absolute Gasteiger partial charge is 0.541 e. The first-order valence-electron chi connectivity index (χ1n) is 4.68. The van der Waals surface area contributed by atoms with Crippen molar-refractivity contribution in [3.05, 3.63) is 7.43 Å². The van der Waals surface area contributed by atoms with E-state index >= 15 is 0 Å². The molecule has 0 aromatic heterocycles. The van der Waals surface area contributed by atoms with Gasteiger partial charge in [-0.25, -0.2) is 0 Å². The van der Waals surface area contributed by atoms with Crippen LogP contribution in [0.3, 0.4) is 0 Å². The van der Waals surface area contributed by atoms with Crippen molar-refractivity contribution in [2.45, 2.75) is 47.5 Å². The van der Waals surface area contributed by atoms with Crippen LogP contribution < -0.4 is 0 Å². The van der Waals surface area contributed by atoms with Gasteiger partial charge in [-0.05, 0) is 0 Å². The molecule has 87 valence electrons. The molecule has 0 aliphatic carbocycles. The van der Waals surface area contributed by atoms with Crippen LogP contribution in [0.25, 0.3) is 0 Å². The number of hydrogen-bond donors (Lipinski definition) is 0. The molecule has 0 aromatic rings. The van der Waals surface area contributed by atoms with E-state index in [1.165, 1.54) is 0 Å². The summed E-state index contributed by atoms with van der Waals surface area (Å²) in [5.74, 6) is 0.204. The molecule has 0 aliphatic heterocycles. The molecular weight excluding hydrogens is 265 g/mol. The maximum absolute atomic E-state index is 11.5.